The van der Waals surface area contributed by atoms with Gasteiger partial charge in [-0.15, -0.1) is 0 Å². The van der Waals surface area contributed by atoms with Crippen LogP contribution in [-0.2, 0) is 0 Å². The highest BCUT2D eigenvalue weighted by molar-refractivity contribution is 6.30. The number of nitrogen functional groups attached to an aromatic ring is 1. The summed E-state index contributed by atoms with van der Waals surface area (Å²) in [5.41, 5.74) is 6.51. The molecule has 3 heteroatoms. The van der Waals surface area contributed by atoms with Crippen molar-refractivity contribution < 1.29 is 4.74 Å². The SMILES string of the molecule is Nc1cc(Cl)ccc1OCC1CC2CCC1C2. The van der Waals surface area contributed by atoms with Gasteiger partial charge in [0.15, 0.2) is 0 Å². The zero-order valence-corrected chi connectivity index (χ0v) is 10.6. The van der Waals surface area contributed by atoms with Crippen molar-refractivity contribution in [2.24, 2.45) is 17.8 Å². The number of nitrogens with two attached hydrogens (primary N) is 1. The highest BCUT2D eigenvalue weighted by Crippen LogP contribution is 2.48. The molecule has 0 aromatic heterocycles. The first-order chi connectivity index (χ1) is 8.22. The Morgan fingerprint density at radius 1 is 1.29 bits per heavy atom. The van der Waals surface area contributed by atoms with Crippen molar-refractivity contribution in [2.75, 3.05) is 12.3 Å². The van der Waals surface area contributed by atoms with Crippen molar-refractivity contribution >= 4 is 17.3 Å². The Hall–Kier alpha value is -0.890. The predicted molar refractivity (Wildman–Crippen MR) is 70.3 cm³/mol. The summed E-state index contributed by atoms with van der Waals surface area (Å²) in [7, 11) is 0. The number of hydrogen-bond acceptors (Lipinski definition) is 2. The summed E-state index contributed by atoms with van der Waals surface area (Å²) in [4.78, 5) is 0. The Kier molecular flexibility index (Phi) is 2.91. The molecule has 0 spiro atoms. The van der Waals surface area contributed by atoms with E-state index in [1.807, 2.05) is 12.1 Å². The van der Waals surface area contributed by atoms with Gasteiger partial charge in [0.1, 0.15) is 5.75 Å². The van der Waals surface area contributed by atoms with Crippen LogP contribution in [0.3, 0.4) is 0 Å². The van der Waals surface area contributed by atoms with Crippen LogP contribution in [0.1, 0.15) is 25.7 Å². The van der Waals surface area contributed by atoms with E-state index in [0.29, 0.717) is 10.7 Å². The van der Waals surface area contributed by atoms with E-state index >= 15 is 0 Å². The van der Waals surface area contributed by atoms with Gasteiger partial charge >= 0.3 is 0 Å². The number of rotatable bonds is 3. The predicted octanol–water partition coefficient (Wildman–Crippen LogP) is 3.74. The lowest BCUT2D eigenvalue weighted by Gasteiger charge is -2.22. The molecule has 2 N–H and O–H groups in total. The molecule has 3 rings (SSSR count). The Balaban J connectivity index is 1.60. The maximum absolute atomic E-state index is 5.87. The zero-order valence-electron chi connectivity index (χ0n) is 9.86. The highest BCUT2D eigenvalue weighted by atomic mass is 35.5. The first-order valence-electron chi connectivity index (χ1n) is 6.40. The van der Waals surface area contributed by atoms with Gasteiger partial charge in [0, 0.05) is 5.02 Å². The number of halogens is 1. The summed E-state index contributed by atoms with van der Waals surface area (Å²) in [5, 5.41) is 0.662. The van der Waals surface area contributed by atoms with E-state index in [1.165, 1.54) is 25.7 Å². The van der Waals surface area contributed by atoms with Crippen LogP contribution in [0.5, 0.6) is 5.75 Å². The van der Waals surface area contributed by atoms with Gasteiger partial charge in [-0.3, -0.25) is 0 Å². The maximum Gasteiger partial charge on any atom is 0.142 e. The molecule has 92 valence electrons. The van der Waals surface area contributed by atoms with Gasteiger partial charge in [-0.25, -0.2) is 0 Å². The average Bonchev–Trinajstić information content (AvgIpc) is 2.89. The first kappa shape index (κ1) is 11.2. The van der Waals surface area contributed by atoms with Crippen molar-refractivity contribution in [3.8, 4) is 5.75 Å². The van der Waals surface area contributed by atoms with Crippen LogP contribution in [0, 0.1) is 17.8 Å². The van der Waals surface area contributed by atoms with E-state index in [0.717, 1.165) is 30.1 Å². The molecule has 0 aliphatic heterocycles. The Bertz CT molecular complexity index is 421. The van der Waals surface area contributed by atoms with Crippen LogP contribution in [0.25, 0.3) is 0 Å². The third-order valence-corrected chi connectivity index (χ3v) is 4.54. The lowest BCUT2D eigenvalue weighted by molar-refractivity contribution is 0.196. The van der Waals surface area contributed by atoms with Crippen molar-refractivity contribution in [2.45, 2.75) is 25.7 Å². The smallest absolute Gasteiger partial charge is 0.142 e. The zero-order chi connectivity index (χ0) is 11.8. The Morgan fingerprint density at radius 2 is 2.18 bits per heavy atom. The third kappa shape index (κ3) is 2.23. The Labute approximate surface area is 107 Å². The molecule has 3 unspecified atom stereocenters. The average molecular weight is 252 g/mol. The molecule has 1 aromatic rings. The van der Waals surface area contributed by atoms with Crippen LogP contribution in [0.15, 0.2) is 18.2 Å². The molecular weight excluding hydrogens is 234 g/mol. The topological polar surface area (TPSA) is 35.2 Å². The Morgan fingerprint density at radius 3 is 2.82 bits per heavy atom. The second-order valence-electron chi connectivity index (χ2n) is 5.43. The summed E-state index contributed by atoms with van der Waals surface area (Å²) >= 11 is 5.86. The fourth-order valence-corrected chi connectivity index (χ4v) is 3.61. The van der Waals surface area contributed by atoms with Gasteiger partial charge in [-0.2, -0.15) is 0 Å². The van der Waals surface area contributed by atoms with Crippen LogP contribution in [0.4, 0.5) is 5.69 Å². The van der Waals surface area contributed by atoms with Crippen molar-refractivity contribution in [1.29, 1.82) is 0 Å². The van der Waals surface area contributed by atoms with Crippen LogP contribution < -0.4 is 10.5 Å². The fraction of sp³-hybridized carbons (Fsp3) is 0.571. The maximum atomic E-state index is 5.87. The molecule has 0 radical (unpaired) electrons. The fourth-order valence-electron chi connectivity index (χ4n) is 3.43. The summed E-state index contributed by atoms with van der Waals surface area (Å²) in [6.45, 7) is 0.812. The molecule has 0 heterocycles. The van der Waals surface area contributed by atoms with E-state index in [9.17, 15) is 0 Å². The molecule has 2 aliphatic rings. The van der Waals surface area contributed by atoms with Crippen molar-refractivity contribution in [3.05, 3.63) is 23.2 Å². The first-order valence-corrected chi connectivity index (χ1v) is 6.78. The number of anilines is 1. The summed E-state index contributed by atoms with van der Waals surface area (Å²) in [5.74, 6) is 3.38. The van der Waals surface area contributed by atoms with Crippen molar-refractivity contribution in [1.82, 2.24) is 0 Å². The van der Waals surface area contributed by atoms with Crippen LogP contribution in [-0.4, -0.2) is 6.61 Å². The van der Waals surface area contributed by atoms with Gasteiger partial charge in [-0.05, 0) is 55.2 Å². The number of fused-ring (bicyclic) bond motifs is 2. The van der Waals surface area contributed by atoms with Gasteiger partial charge in [0.05, 0.1) is 12.3 Å². The van der Waals surface area contributed by atoms with E-state index in [4.69, 9.17) is 22.1 Å². The van der Waals surface area contributed by atoms with Gasteiger partial charge in [0.25, 0.3) is 0 Å². The minimum Gasteiger partial charge on any atom is -0.491 e. The van der Waals surface area contributed by atoms with Gasteiger partial charge < -0.3 is 10.5 Å². The molecule has 3 atom stereocenters. The molecular formula is C14H18ClNO. The van der Waals surface area contributed by atoms with E-state index in [-0.39, 0.29) is 0 Å². The highest BCUT2D eigenvalue weighted by Gasteiger charge is 2.39. The largest absolute Gasteiger partial charge is 0.491 e. The van der Waals surface area contributed by atoms with Gasteiger partial charge in [-0.1, -0.05) is 18.0 Å². The minimum absolute atomic E-state index is 0.639. The summed E-state index contributed by atoms with van der Waals surface area (Å²) < 4.78 is 5.84. The molecule has 0 saturated heterocycles. The molecule has 1 aromatic carbocycles. The summed E-state index contributed by atoms with van der Waals surface area (Å²) in [6.07, 6.45) is 5.60. The molecule has 2 fully saturated rings. The summed E-state index contributed by atoms with van der Waals surface area (Å²) in [6, 6.07) is 5.44. The lowest BCUT2D eigenvalue weighted by Crippen LogP contribution is -2.18. The number of benzene rings is 1. The normalized spacial score (nSPS) is 30.8. The molecule has 2 nitrogen and oxygen atoms in total. The van der Waals surface area contributed by atoms with Crippen molar-refractivity contribution in [3.63, 3.8) is 0 Å². The monoisotopic (exact) mass is 251 g/mol. The molecule has 2 aliphatic carbocycles. The quantitative estimate of drug-likeness (QED) is 0.831. The molecule has 2 bridgehead atoms. The molecule has 0 amide bonds. The van der Waals surface area contributed by atoms with Crippen LogP contribution >= 0.6 is 11.6 Å². The van der Waals surface area contributed by atoms with Gasteiger partial charge in [0.2, 0.25) is 0 Å². The standard InChI is InChI=1S/C14H18ClNO/c15-12-3-4-14(13(16)7-12)17-8-11-6-9-1-2-10(11)5-9/h3-4,7,9-11H,1-2,5-6,8,16H2. The number of ether oxygens (including phenoxy) is 1. The second-order valence-corrected chi connectivity index (χ2v) is 5.86. The van der Waals surface area contributed by atoms with Crippen LogP contribution in [0.2, 0.25) is 5.02 Å². The minimum atomic E-state index is 0.639. The van der Waals surface area contributed by atoms with E-state index in [2.05, 4.69) is 0 Å². The van der Waals surface area contributed by atoms with E-state index < -0.39 is 0 Å². The lowest BCUT2D eigenvalue weighted by atomic mass is 9.89. The second kappa shape index (κ2) is 4.41. The molecule has 17 heavy (non-hydrogen) atoms. The molecule has 2 saturated carbocycles. The number of hydrogen-bond donors (Lipinski definition) is 1. The van der Waals surface area contributed by atoms with E-state index in [1.54, 1.807) is 6.07 Å². The third-order valence-electron chi connectivity index (χ3n) is 4.31.